The van der Waals surface area contributed by atoms with E-state index < -0.39 is 0 Å². The van der Waals surface area contributed by atoms with Crippen LogP contribution in [0.3, 0.4) is 0 Å². The topological polar surface area (TPSA) is 77.0 Å². The Kier molecular flexibility index (Phi) is 7.64. The van der Waals surface area contributed by atoms with E-state index in [-0.39, 0.29) is 18.4 Å². The number of carbonyl (C=O) groups excluding carboxylic acids is 1. The largest absolute Gasteiger partial charge is 0.396 e. The number of aliphatic imine (C=N–C) groups is 1. The molecule has 0 spiro atoms. The Hall–Kier alpha value is -2.86. The highest BCUT2D eigenvalue weighted by Gasteiger charge is 2.21. The van der Waals surface area contributed by atoms with E-state index >= 15 is 0 Å². The molecule has 1 heterocycles. The van der Waals surface area contributed by atoms with E-state index in [4.69, 9.17) is 0 Å². The van der Waals surface area contributed by atoms with Gasteiger partial charge in [-0.2, -0.15) is 0 Å². The average Bonchev–Trinajstić information content (AvgIpc) is 3.17. The lowest BCUT2D eigenvalue weighted by molar-refractivity contribution is -0.128. The van der Waals surface area contributed by atoms with Crippen molar-refractivity contribution in [2.24, 2.45) is 4.99 Å². The second-order valence-corrected chi connectivity index (χ2v) is 7.28. The standard InChI is InChI=1S/C23H30N4O2/c1-24-23(26-15-21(17-28)18-8-3-2-4-9-18)25-14-19-10-5-6-11-20(19)16-27-13-7-12-22(27)29/h2-6,8-11,21,28H,7,12-17H2,1H3,(H2,24,25,26). The highest BCUT2D eigenvalue weighted by molar-refractivity contribution is 5.80. The molecule has 0 aliphatic carbocycles. The Bertz CT molecular complexity index is 823. The van der Waals surface area contributed by atoms with E-state index in [2.05, 4.69) is 27.8 Å². The molecule has 1 aliphatic heterocycles. The third kappa shape index (κ3) is 5.81. The first-order valence-corrected chi connectivity index (χ1v) is 10.2. The number of hydrogen-bond donors (Lipinski definition) is 3. The predicted molar refractivity (Wildman–Crippen MR) is 116 cm³/mol. The maximum atomic E-state index is 12.0. The van der Waals surface area contributed by atoms with Crippen LogP contribution >= 0.6 is 0 Å². The first-order chi connectivity index (χ1) is 14.2. The number of nitrogens with zero attached hydrogens (tertiary/aromatic N) is 2. The first-order valence-electron chi connectivity index (χ1n) is 10.2. The summed E-state index contributed by atoms with van der Waals surface area (Å²) in [5.41, 5.74) is 3.40. The Morgan fingerprint density at radius 3 is 2.48 bits per heavy atom. The monoisotopic (exact) mass is 394 g/mol. The molecule has 1 amide bonds. The predicted octanol–water partition coefficient (Wildman–Crippen LogP) is 2.25. The summed E-state index contributed by atoms with van der Waals surface area (Å²) in [6.07, 6.45) is 1.60. The minimum Gasteiger partial charge on any atom is -0.396 e. The summed E-state index contributed by atoms with van der Waals surface area (Å²) in [5.74, 6) is 0.927. The van der Waals surface area contributed by atoms with E-state index in [1.165, 1.54) is 0 Å². The SMILES string of the molecule is CN=C(NCc1ccccc1CN1CCCC1=O)NCC(CO)c1ccccc1. The van der Waals surface area contributed by atoms with Crippen molar-refractivity contribution >= 4 is 11.9 Å². The van der Waals surface area contributed by atoms with E-state index in [9.17, 15) is 9.90 Å². The van der Waals surface area contributed by atoms with E-state index in [0.717, 1.165) is 29.7 Å². The van der Waals surface area contributed by atoms with Crippen molar-refractivity contribution in [2.75, 3.05) is 26.7 Å². The van der Waals surface area contributed by atoms with E-state index in [1.54, 1.807) is 7.05 Å². The van der Waals surface area contributed by atoms with Gasteiger partial charge >= 0.3 is 0 Å². The van der Waals surface area contributed by atoms with Crippen LogP contribution in [0, 0.1) is 0 Å². The highest BCUT2D eigenvalue weighted by atomic mass is 16.3. The molecule has 0 bridgehead atoms. The van der Waals surface area contributed by atoms with Gasteiger partial charge < -0.3 is 20.6 Å². The van der Waals surface area contributed by atoms with Crippen LogP contribution in [0.2, 0.25) is 0 Å². The van der Waals surface area contributed by atoms with Crippen LogP contribution in [0.1, 0.15) is 35.4 Å². The van der Waals surface area contributed by atoms with Gasteiger partial charge in [0.1, 0.15) is 0 Å². The molecule has 1 aliphatic rings. The normalized spacial score (nSPS) is 15.4. The second kappa shape index (κ2) is 10.6. The van der Waals surface area contributed by atoms with Gasteiger partial charge in [0.15, 0.2) is 5.96 Å². The summed E-state index contributed by atoms with van der Waals surface area (Å²) in [6.45, 7) is 2.77. The summed E-state index contributed by atoms with van der Waals surface area (Å²) in [7, 11) is 1.74. The number of aliphatic hydroxyl groups excluding tert-OH is 1. The van der Waals surface area contributed by atoms with Gasteiger partial charge in [-0.1, -0.05) is 54.6 Å². The molecule has 0 aromatic heterocycles. The van der Waals surface area contributed by atoms with Crippen molar-refractivity contribution in [1.82, 2.24) is 15.5 Å². The molecule has 1 fully saturated rings. The van der Waals surface area contributed by atoms with Gasteiger partial charge in [0.05, 0.1) is 6.61 Å². The van der Waals surface area contributed by atoms with Crippen LogP contribution in [0.15, 0.2) is 59.6 Å². The van der Waals surface area contributed by atoms with E-state index in [0.29, 0.717) is 32.0 Å². The van der Waals surface area contributed by atoms with Crippen molar-refractivity contribution in [2.45, 2.75) is 31.8 Å². The molecule has 0 saturated carbocycles. The zero-order chi connectivity index (χ0) is 20.5. The van der Waals surface area contributed by atoms with Gasteiger partial charge in [0, 0.05) is 45.6 Å². The minimum atomic E-state index is 0.00298. The number of nitrogens with one attached hydrogen (secondary N) is 2. The lowest BCUT2D eigenvalue weighted by Gasteiger charge is -2.20. The van der Waals surface area contributed by atoms with Gasteiger partial charge in [0.25, 0.3) is 0 Å². The molecule has 2 aromatic rings. The Labute approximate surface area is 172 Å². The number of likely N-dealkylation sites (tertiary alicyclic amines) is 1. The fourth-order valence-electron chi connectivity index (χ4n) is 3.59. The van der Waals surface area contributed by atoms with E-state index in [1.807, 2.05) is 47.4 Å². The average molecular weight is 395 g/mol. The smallest absolute Gasteiger partial charge is 0.222 e. The van der Waals surface area contributed by atoms with Gasteiger partial charge in [-0.25, -0.2) is 0 Å². The van der Waals surface area contributed by atoms with Crippen molar-refractivity contribution in [3.8, 4) is 0 Å². The Morgan fingerprint density at radius 1 is 1.10 bits per heavy atom. The Balaban J connectivity index is 1.56. The summed E-state index contributed by atoms with van der Waals surface area (Å²) in [5, 5.41) is 16.4. The second-order valence-electron chi connectivity index (χ2n) is 7.28. The van der Waals surface area contributed by atoms with Crippen molar-refractivity contribution in [3.05, 3.63) is 71.3 Å². The molecular weight excluding hydrogens is 364 g/mol. The maximum Gasteiger partial charge on any atom is 0.222 e. The minimum absolute atomic E-state index is 0.00298. The lowest BCUT2D eigenvalue weighted by Crippen LogP contribution is -2.39. The summed E-state index contributed by atoms with van der Waals surface area (Å²) < 4.78 is 0. The number of amides is 1. The van der Waals surface area contributed by atoms with Gasteiger partial charge in [0.2, 0.25) is 5.91 Å². The Morgan fingerprint density at radius 2 is 1.83 bits per heavy atom. The lowest BCUT2D eigenvalue weighted by atomic mass is 10.0. The molecule has 29 heavy (non-hydrogen) atoms. The molecule has 0 radical (unpaired) electrons. The van der Waals surface area contributed by atoms with Crippen LogP contribution in [0.5, 0.6) is 0 Å². The quantitative estimate of drug-likeness (QED) is 0.474. The van der Waals surface area contributed by atoms with Crippen LogP contribution < -0.4 is 10.6 Å². The van der Waals surface area contributed by atoms with Crippen LogP contribution in [-0.2, 0) is 17.9 Å². The third-order valence-corrected chi connectivity index (χ3v) is 5.33. The number of rotatable bonds is 8. The molecule has 6 nitrogen and oxygen atoms in total. The summed E-state index contributed by atoms with van der Waals surface area (Å²) in [6, 6.07) is 18.2. The molecule has 1 unspecified atom stereocenters. The number of benzene rings is 2. The van der Waals surface area contributed by atoms with Crippen molar-refractivity contribution in [3.63, 3.8) is 0 Å². The summed E-state index contributed by atoms with van der Waals surface area (Å²) >= 11 is 0. The fraction of sp³-hybridized carbons (Fsp3) is 0.391. The molecule has 154 valence electrons. The fourth-order valence-corrected chi connectivity index (χ4v) is 3.59. The first kappa shape index (κ1) is 20.9. The number of hydrogen-bond acceptors (Lipinski definition) is 3. The number of aliphatic hydroxyl groups is 1. The molecule has 6 heteroatoms. The maximum absolute atomic E-state index is 12.0. The van der Waals surface area contributed by atoms with Crippen LogP contribution in [-0.4, -0.2) is 48.6 Å². The molecular formula is C23H30N4O2. The van der Waals surface area contributed by atoms with Crippen LogP contribution in [0.4, 0.5) is 0 Å². The van der Waals surface area contributed by atoms with Crippen molar-refractivity contribution < 1.29 is 9.90 Å². The van der Waals surface area contributed by atoms with Gasteiger partial charge in [-0.3, -0.25) is 9.79 Å². The van der Waals surface area contributed by atoms with Crippen molar-refractivity contribution in [1.29, 1.82) is 0 Å². The number of guanidine groups is 1. The zero-order valence-electron chi connectivity index (χ0n) is 17.0. The molecule has 3 rings (SSSR count). The summed E-state index contributed by atoms with van der Waals surface area (Å²) in [4.78, 5) is 18.2. The zero-order valence-corrected chi connectivity index (χ0v) is 17.0. The molecule has 3 N–H and O–H groups in total. The number of carbonyl (C=O) groups is 1. The van der Waals surface area contributed by atoms with Gasteiger partial charge in [-0.05, 0) is 23.1 Å². The molecule has 1 saturated heterocycles. The molecule has 2 aromatic carbocycles. The van der Waals surface area contributed by atoms with Crippen LogP contribution in [0.25, 0.3) is 0 Å². The molecule has 1 atom stereocenters. The third-order valence-electron chi connectivity index (χ3n) is 5.33. The van der Waals surface area contributed by atoms with Gasteiger partial charge in [-0.15, -0.1) is 0 Å². The highest BCUT2D eigenvalue weighted by Crippen LogP contribution is 2.17.